The van der Waals surface area contributed by atoms with Crippen LogP contribution in [0.25, 0.3) is 17.1 Å². The smallest absolute Gasteiger partial charge is 0.255 e. The maximum Gasteiger partial charge on any atom is 0.255 e. The Balaban J connectivity index is 1.70. The number of benzene rings is 1. The van der Waals surface area contributed by atoms with Crippen molar-refractivity contribution in [3.63, 3.8) is 0 Å². The Bertz CT molecular complexity index is 1080. The van der Waals surface area contributed by atoms with Gasteiger partial charge in [0, 0.05) is 18.6 Å². The van der Waals surface area contributed by atoms with Crippen molar-refractivity contribution in [1.82, 2.24) is 20.1 Å². The molecule has 1 aromatic carbocycles. The van der Waals surface area contributed by atoms with Crippen LogP contribution < -0.4 is 5.32 Å². The van der Waals surface area contributed by atoms with Gasteiger partial charge >= 0.3 is 0 Å². The number of aromatic nitrogens is 3. The highest BCUT2D eigenvalue weighted by Crippen LogP contribution is 2.26. The fourth-order valence-corrected chi connectivity index (χ4v) is 3.01. The van der Waals surface area contributed by atoms with E-state index in [1.807, 2.05) is 68.4 Å². The van der Waals surface area contributed by atoms with E-state index in [0.29, 0.717) is 17.0 Å². The van der Waals surface area contributed by atoms with E-state index in [2.05, 4.69) is 15.4 Å². The average Bonchev–Trinajstić information content (AvgIpc) is 3.36. The Kier molecular flexibility index (Phi) is 4.76. The first-order chi connectivity index (χ1) is 13.6. The van der Waals surface area contributed by atoms with Crippen LogP contribution in [0, 0.1) is 6.92 Å². The highest BCUT2D eigenvalue weighted by atomic mass is 16.3. The molecule has 0 aliphatic carbocycles. The van der Waals surface area contributed by atoms with Crippen LogP contribution in [0.3, 0.4) is 0 Å². The van der Waals surface area contributed by atoms with Gasteiger partial charge in [-0.15, -0.1) is 0 Å². The van der Waals surface area contributed by atoms with E-state index in [4.69, 9.17) is 4.42 Å². The molecule has 0 saturated carbocycles. The van der Waals surface area contributed by atoms with Gasteiger partial charge in [0.1, 0.15) is 11.5 Å². The summed E-state index contributed by atoms with van der Waals surface area (Å²) >= 11 is 0. The summed E-state index contributed by atoms with van der Waals surface area (Å²) in [6.07, 6.45) is 5.15. The summed E-state index contributed by atoms with van der Waals surface area (Å²) in [6, 6.07) is 17.0. The number of aryl methyl sites for hydroxylation is 1. The number of amides is 1. The van der Waals surface area contributed by atoms with Crippen molar-refractivity contribution in [2.24, 2.45) is 0 Å². The number of carbonyl (C=O) groups excluding carboxylic acids is 1. The van der Waals surface area contributed by atoms with Gasteiger partial charge in [0.2, 0.25) is 0 Å². The van der Waals surface area contributed by atoms with Gasteiger partial charge < -0.3 is 9.73 Å². The predicted octanol–water partition coefficient (Wildman–Crippen LogP) is 4.33. The zero-order valence-electron chi connectivity index (χ0n) is 15.7. The van der Waals surface area contributed by atoms with Crippen molar-refractivity contribution < 1.29 is 9.21 Å². The lowest BCUT2D eigenvalue weighted by Crippen LogP contribution is -2.26. The molecule has 0 aliphatic heterocycles. The molecule has 140 valence electrons. The first-order valence-corrected chi connectivity index (χ1v) is 9.04. The fourth-order valence-electron chi connectivity index (χ4n) is 3.01. The standard InChI is InChI=1S/C22H20N4O2/c1-15-8-9-20(28-15)21-19(14-26(25-21)18-6-4-3-5-7-18)22(27)24-16(2)17-10-12-23-13-11-17/h3-14,16H,1-2H3,(H,24,27). The highest BCUT2D eigenvalue weighted by molar-refractivity contribution is 5.99. The third-order valence-electron chi connectivity index (χ3n) is 4.51. The molecule has 0 bridgehead atoms. The molecule has 3 aromatic heterocycles. The van der Waals surface area contributed by atoms with E-state index in [9.17, 15) is 4.79 Å². The summed E-state index contributed by atoms with van der Waals surface area (Å²) < 4.78 is 7.43. The van der Waals surface area contributed by atoms with Crippen LogP contribution >= 0.6 is 0 Å². The number of carbonyl (C=O) groups is 1. The van der Waals surface area contributed by atoms with Crippen molar-refractivity contribution in [2.75, 3.05) is 0 Å². The normalized spacial score (nSPS) is 11.9. The summed E-state index contributed by atoms with van der Waals surface area (Å²) in [5.41, 5.74) is 2.82. The molecule has 1 amide bonds. The number of hydrogen-bond acceptors (Lipinski definition) is 4. The molecular formula is C22H20N4O2. The predicted molar refractivity (Wildman–Crippen MR) is 106 cm³/mol. The van der Waals surface area contributed by atoms with E-state index in [1.165, 1.54) is 0 Å². The summed E-state index contributed by atoms with van der Waals surface area (Å²) in [5, 5.41) is 7.65. The average molecular weight is 372 g/mol. The van der Waals surface area contributed by atoms with Gasteiger partial charge in [-0.25, -0.2) is 4.68 Å². The molecule has 4 aromatic rings. The largest absolute Gasteiger partial charge is 0.460 e. The van der Waals surface area contributed by atoms with Gasteiger partial charge in [0.25, 0.3) is 5.91 Å². The van der Waals surface area contributed by atoms with Crippen LogP contribution in [0.15, 0.2) is 77.6 Å². The quantitative estimate of drug-likeness (QED) is 0.566. The second-order valence-electron chi connectivity index (χ2n) is 6.56. The van der Waals surface area contributed by atoms with E-state index in [1.54, 1.807) is 23.3 Å². The van der Waals surface area contributed by atoms with Gasteiger partial charge in [0.15, 0.2) is 5.76 Å². The topological polar surface area (TPSA) is 73.0 Å². The molecule has 28 heavy (non-hydrogen) atoms. The molecule has 0 spiro atoms. The number of pyridine rings is 1. The zero-order chi connectivity index (χ0) is 19.5. The molecule has 0 aliphatic rings. The minimum absolute atomic E-state index is 0.165. The molecule has 6 nitrogen and oxygen atoms in total. The maximum atomic E-state index is 13.1. The Morgan fingerprint density at radius 1 is 1.07 bits per heavy atom. The highest BCUT2D eigenvalue weighted by Gasteiger charge is 2.22. The summed E-state index contributed by atoms with van der Waals surface area (Å²) in [7, 11) is 0. The third-order valence-corrected chi connectivity index (χ3v) is 4.51. The monoisotopic (exact) mass is 372 g/mol. The second-order valence-corrected chi connectivity index (χ2v) is 6.56. The summed E-state index contributed by atoms with van der Waals surface area (Å²) in [4.78, 5) is 17.1. The van der Waals surface area contributed by atoms with E-state index < -0.39 is 0 Å². The van der Waals surface area contributed by atoms with Crippen LogP contribution in [-0.2, 0) is 0 Å². The van der Waals surface area contributed by atoms with Crippen molar-refractivity contribution >= 4 is 5.91 Å². The van der Waals surface area contributed by atoms with Crippen LogP contribution in [0.5, 0.6) is 0 Å². The van der Waals surface area contributed by atoms with Crippen molar-refractivity contribution in [1.29, 1.82) is 0 Å². The van der Waals surface area contributed by atoms with Gasteiger partial charge in [-0.1, -0.05) is 18.2 Å². The van der Waals surface area contributed by atoms with E-state index in [-0.39, 0.29) is 11.9 Å². The molecule has 1 N–H and O–H groups in total. The molecule has 0 fully saturated rings. The lowest BCUT2D eigenvalue weighted by Gasteiger charge is -2.13. The number of rotatable bonds is 5. The summed E-state index contributed by atoms with van der Waals surface area (Å²) in [6.45, 7) is 3.80. The molecule has 1 atom stereocenters. The molecule has 6 heteroatoms. The Morgan fingerprint density at radius 3 is 2.50 bits per heavy atom. The first-order valence-electron chi connectivity index (χ1n) is 9.04. The number of para-hydroxylation sites is 1. The van der Waals surface area contributed by atoms with Gasteiger partial charge in [-0.05, 0) is 55.8 Å². The van der Waals surface area contributed by atoms with Crippen molar-refractivity contribution in [2.45, 2.75) is 19.9 Å². The SMILES string of the molecule is Cc1ccc(-c2nn(-c3ccccc3)cc2C(=O)NC(C)c2ccncc2)o1. The van der Waals surface area contributed by atoms with Gasteiger partial charge in [-0.3, -0.25) is 9.78 Å². The van der Waals surface area contributed by atoms with Crippen molar-refractivity contribution in [3.8, 4) is 17.1 Å². The second kappa shape index (κ2) is 7.52. The molecule has 4 rings (SSSR count). The third kappa shape index (κ3) is 3.57. The van der Waals surface area contributed by atoms with Gasteiger partial charge in [0.05, 0.1) is 17.3 Å². The molecule has 1 unspecified atom stereocenters. The van der Waals surface area contributed by atoms with Gasteiger partial charge in [-0.2, -0.15) is 5.10 Å². The minimum Gasteiger partial charge on any atom is -0.460 e. The number of furan rings is 1. The van der Waals surface area contributed by atoms with Crippen LogP contribution in [0.2, 0.25) is 0 Å². The molecule has 0 radical (unpaired) electrons. The number of nitrogens with zero attached hydrogens (tertiary/aromatic N) is 3. The minimum atomic E-state index is -0.212. The van der Waals surface area contributed by atoms with Crippen LogP contribution in [0.1, 0.15) is 34.6 Å². The Hall–Kier alpha value is -3.67. The van der Waals surface area contributed by atoms with Crippen LogP contribution in [0.4, 0.5) is 0 Å². The number of hydrogen-bond donors (Lipinski definition) is 1. The molecular weight excluding hydrogens is 352 g/mol. The van der Waals surface area contributed by atoms with Crippen molar-refractivity contribution in [3.05, 3.63) is 90.1 Å². The first kappa shape index (κ1) is 17.7. The number of nitrogens with one attached hydrogen (secondary N) is 1. The summed E-state index contributed by atoms with van der Waals surface area (Å²) in [5.74, 6) is 1.12. The van der Waals surface area contributed by atoms with E-state index in [0.717, 1.165) is 17.0 Å². The van der Waals surface area contributed by atoms with E-state index >= 15 is 0 Å². The molecule has 3 heterocycles. The maximum absolute atomic E-state index is 13.1. The Labute approximate surface area is 162 Å². The fraction of sp³-hybridized carbons (Fsp3) is 0.136. The van der Waals surface area contributed by atoms with Crippen LogP contribution in [-0.4, -0.2) is 20.7 Å². The lowest BCUT2D eigenvalue weighted by atomic mass is 10.1. The Morgan fingerprint density at radius 2 is 1.82 bits per heavy atom. The lowest BCUT2D eigenvalue weighted by molar-refractivity contribution is 0.0940. The molecule has 0 saturated heterocycles. The zero-order valence-corrected chi connectivity index (χ0v) is 15.7.